The average molecular weight is 318 g/mol. The molecular weight excluding hydrogens is 312 g/mol. The topological polar surface area (TPSA) is 86.7 Å². The number of fused-ring (bicyclic) bond motifs is 9. The molecule has 0 saturated heterocycles. The molecule has 3 aromatic rings. The average Bonchev–Trinajstić information content (AvgIpc) is 2.87. The number of rotatable bonds is 0. The summed E-state index contributed by atoms with van der Waals surface area (Å²) in [4.78, 5) is 48.3. The Hall–Kier alpha value is -3.54. The molecule has 0 fully saturated rings. The van der Waals surface area contributed by atoms with Gasteiger partial charge in [0.1, 0.15) is 0 Å². The normalized spacial score (nSPS) is 15.7. The fourth-order valence-electron chi connectivity index (χ4n) is 3.40. The van der Waals surface area contributed by atoms with Crippen molar-refractivity contribution in [3.63, 3.8) is 0 Å². The fraction of sp³-hybridized carbons (Fsp3) is 0. The van der Waals surface area contributed by atoms with Gasteiger partial charge in [-0.25, -0.2) is 19.2 Å². The molecule has 0 saturated carbocycles. The lowest BCUT2D eigenvalue weighted by molar-refractivity contribution is 0.0383. The van der Waals surface area contributed by atoms with Gasteiger partial charge in [-0.15, -0.1) is 0 Å². The predicted molar refractivity (Wildman–Crippen MR) is 80.9 cm³/mol. The van der Waals surface area contributed by atoms with E-state index in [9.17, 15) is 19.2 Å². The lowest BCUT2D eigenvalue weighted by Gasteiger charge is -2.16. The zero-order chi connectivity index (χ0) is 16.6. The lowest BCUT2D eigenvalue weighted by Crippen LogP contribution is -2.20. The van der Waals surface area contributed by atoms with E-state index >= 15 is 0 Å². The van der Waals surface area contributed by atoms with E-state index < -0.39 is 23.9 Å². The second-order valence-electron chi connectivity index (χ2n) is 5.60. The van der Waals surface area contributed by atoms with Crippen LogP contribution in [0.25, 0.3) is 21.5 Å². The summed E-state index contributed by atoms with van der Waals surface area (Å²) in [5.74, 6) is -3.13. The minimum atomic E-state index is -0.845. The third-order valence-corrected chi connectivity index (χ3v) is 4.36. The quantitative estimate of drug-likeness (QED) is 0.360. The van der Waals surface area contributed by atoms with Crippen molar-refractivity contribution in [2.45, 2.75) is 0 Å². The van der Waals surface area contributed by atoms with Crippen molar-refractivity contribution in [2.24, 2.45) is 0 Å². The van der Waals surface area contributed by atoms with E-state index in [2.05, 4.69) is 0 Å². The number of carbonyl (C=O) groups excluding carboxylic acids is 4. The van der Waals surface area contributed by atoms with Crippen molar-refractivity contribution < 1.29 is 28.7 Å². The van der Waals surface area contributed by atoms with Gasteiger partial charge in [-0.2, -0.15) is 0 Å². The first-order valence-corrected chi connectivity index (χ1v) is 7.12. The molecule has 6 heteroatoms. The number of cyclic esters (lactones) is 4. The van der Waals surface area contributed by atoms with Crippen molar-refractivity contribution in [1.82, 2.24) is 0 Å². The summed E-state index contributed by atoms with van der Waals surface area (Å²) >= 11 is 0. The summed E-state index contributed by atoms with van der Waals surface area (Å²) in [6, 6.07) is 9.91. The van der Waals surface area contributed by atoms with Gasteiger partial charge in [-0.1, -0.05) is 24.3 Å². The van der Waals surface area contributed by atoms with Crippen molar-refractivity contribution in [3.8, 4) is 0 Å². The Bertz CT molecular complexity index is 1170. The van der Waals surface area contributed by atoms with E-state index in [-0.39, 0.29) is 27.6 Å². The van der Waals surface area contributed by atoms with Crippen LogP contribution in [0.4, 0.5) is 0 Å². The van der Waals surface area contributed by atoms with Gasteiger partial charge >= 0.3 is 23.9 Å². The molecule has 114 valence electrons. The van der Waals surface area contributed by atoms with Crippen LogP contribution in [0.15, 0.2) is 36.4 Å². The summed E-state index contributed by atoms with van der Waals surface area (Å²) < 4.78 is 9.45. The van der Waals surface area contributed by atoms with Gasteiger partial charge in [0.2, 0.25) is 0 Å². The van der Waals surface area contributed by atoms with Gasteiger partial charge in [0.25, 0.3) is 0 Å². The SMILES string of the molecule is O=C1OC(=O)c2cc1cc1c2c2c(c3ccccc31)C(=O)OC2=O. The maximum atomic E-state index is 12.2. The first-order valence-electron chi connectivity index (χ1n) is 7.12. The number of benzene rings is 3. The number of ether oxygens (including phenoxy) is 2. The van der Waals surface area contributed by atoms with Crippen LogP contribution in [0.1, 0.15) is 41.4 Å². The highest BCUT2D eigenvalue weighted by Crippen LogP contribution is 2.40. The van der Waals surface area contributed by atoms with Gasteiger partial charge in [-0.05, 0) is 28.3 Å². The summed E-state index contributed by atoms with van der Waals surface area (Å²) in [6.45, 7) is 0. The van der Waals surface area contributed by atoms with Crippen LogP contribution in [-0.2, 0) is 9.47 Å². The van der Waals surface area contributed by atoms with Gasteiger partial charge < -0.3 is 9.47 Å². The molecular formula is C18H6O6. The maximum absolute atomic E-state index is 12.2. The zero-order valence-corrected chi connectivity index (χ0v) is 11.9. The van der Waals surface area contributed by atoms with E-state index in [1.807, 2.05) is 0 Å². The van der Waals surface area contributed by atoms with Crippen molar-refractivity contribution in [2.75, 3.05) is 0 Å². The molecule has 2 aliphatic rings. The summed E-state index contributed by atoms with van der Waals surface area (Å²) in [7, 11) is 0. The summed E-state index contributed by atoms with van der Waals surface area (Å²) in [5, 5.41) is 2.01. The molecule has 2 heterocycles. The molecule has 24 heavy (non-hydrogen) atoms. The Morgan fingerprint density at radius 2 is 1.29 bits per heavy atom. The van der Waals surface area contributed by atoms with Crippen molar-refractivity contribution in [1.29, 1.82) is 0 Å². The second kappa shape index (κ2) is 4.05. The van der Waals surface area contributed by atoms with Crippen LogP contribution in [0.3, 0.4) is 0 Å². The van der Waals surface area contributed by atoms with Gasteiger partial charge in [0.05, 0.1) is 22.3 Å². The van der Waals surface area contributed by atoms with Crippen LogP contribution in [-0.4, -0.2) is 23.9 Å². The maximum Gasteiger partial charge on any atom is 0.347 e. The van der Waals surface area contributed by atoms with Gasteiger partial charge in [-0.3, -0.25) is 0 Å². The molecule has 2 bridgehead atoms. The highest BCUT2D eigenvalue weighted by molar-refractivity contribution is 6.33. The Morgan fingerprint density at radius 1 is 0.625 bits per heavy atom. The molecule has 0 unspecified atom stereocenters. The van der Waals surface area contributed by atoms with Gasteiger partial charge in [0.15, 0.2) is 0 Å². The van der Waals surface area contributed by atoms with E-state index in [0.29, 0.717) is 16.2 Å². The summed E-state index contributed by atoms with van der Waals surface area (Å²) in [5.41, 5.74) is 0.481. The van der Waals surface area contributed by atoms with Crippen molar-refractivity contribution in [3.05, 3.63) is 58.7 Å². The first kappa shape index (κ1) is 13.0. The summed E-state index contributed by atoms with van der Waals surface area (Å²) in [6.07, 6.45) is 0. The Morgan fingerprint density at radius 3 is 2.08 bits per heavy atom. The Kier molecular flexibility index (Phi) is 2.19. The first-order chi connectivity index (χ1) is 11.6. The fourth-order valence-corrected chi connectivity index (χ4v) is 3.40. The smallest absolute Gasteiger partial charge is 0.347 e. The zero-order valence-electron chi connectivity index (χ0n) is 11.9. The Labute approximate surface area is 133 Å². The molecule has 2 aliphatic heterocycles. The Balaban J connectivity index is 2.14. The predicted octanol–water partition coefficient (Wildman–Crippen LogP) is 2.61. The molecule has 0 aliphatic carbocycles. The molecule has 0 N–H and O–H groups in total. The molecule has 0 aromatic heterocycles. The third kappa shape index (κ3) is 1.40. The largest absolute Gasteiger partial charge is 0.386 e. The monoisotopic (exact) mass is 318 g/mol. The van der Waals surface area contributed by atoms with Crippen LogP contribution in [0.2, 0.25) is 0 Å². The number of hydrogen-bond acceptors (Lipinski definition) is 6. The molecule has 6 nitrogen and oxygen atoms in total. The minimum Gasteiger partial charge on any atom is -0.386 e. The van der Waals surface area contributed by atoms with E-state index in [1.54, 1.807) is 30.3 Å². The molecule has 0 amide bonds. The number of hydrogen-bond donors (Lipinski definition) is 0. The second-order valence-corrected chi connectivity index (χ2v) is 5.60. The van der Waals surface area contributed by atoms with E-state index in [0.717, 1.165) is 0 Å². The van der Waals surface area contributed by atoms with Crippen LogP contribution in [0, 0.1) is 0 Å². The molecule has 3 aromatic carbocycles. The standard InChI is InChI=1S/C18H6O6/c19-15-7-5-10-8-3-1-2-4-9(8)13-14(18(22)24-17(13)21)12(10)11(6-7)16(20)23-15/h1-6H. The van der Waals surface area contributed by atoms with Crippen molar-refractivity contribution >= 4 is 45.4 Å². The highest BCUT2D eigenvalue weighted by Gasteiger charge is 2.37. The van der Waals surface area contributed by atoms with Crippen LogP contribution in [0.5, 0.6) is 0 Å². The van der Waals surface area contributed by atoms with Gasteiger partial charge in [0, 0.05) is 5.39 Å². The highest BCUT2D eigenvalue weighted by atomic mass is 16.6. The van der Waals surface area contributed by atoms with E-state index in [1.165, 1.54) is 6.07 Å². The molecule has 0 atom stereocenters. The third-order valence-electron chi connectivity index (χ3n) is 4.36. The van der Waals surface area contributed by atoms with Crippen LogP contribution < -0.4 is 0 Å². The number of carbonyl (C=O) groups is 4. The number of esters is 4. The lowest BCUT2D eigenvalue weighted by atomic mass is 9.88. The molecule has 0 spiro atoms. The molecule has 5 rings (SSSR count). The van der Waals surface area contributed by atoms with Crippen LogP contribution >= 0.6 is 0 Å². The van der Waals surface area contributed by atoms with E-state index in [4.69, 9.17) is 9.47 Å². The minimum absolute atomic E-state index is 0.0431. The molecule has 0 radical (unpaired) electrons.